The van der Waals surface area contributed by atoms with Crippen molar-refractivity contribution >= 4 is 11.9 Å². The first kappa shape index (κ1) is 36.2. The number of piperidine rings is 1. The molecule has 1 amide bonds. The number of aliphatic hydroxyl groups is 1. The monoisotopic (exact) mass is 686 g/mol. The normalized spacial score (nSPS) is 22.1. The molecule has 0 aromatic heterocycles. The number of benzene rings is 3. The molecule has 0 bridgehead atoms. The number of carbonyl (C=O) groups is 2. The highest BCUT2D eigenvalue weighted by atomic mass is 16.7. The Hall–Kier alpha value is -3.64. The van der Waals surface area contributed by atoms with Crippen LogP contribution in [-0.2, 0) is 41.7 Å². The summed E-state index contributed by atoms with van der Waals surface area (Å²) < 4.78 is 25.1. The molecule has 0 aliphatic carbocycles. The number of amides is 1. The molecule has 10 nitrogen and oxygen atoms in total. The topological polar surface area (TPSA) is 127 Å². The van der Waals surface area contributed by atoms with Crippen LogP contribution < -0.4 is 5.32 Å². The number of carbonyl (C=O) groups excluding carboxylic acids is 1. The summed E-state index contributed by atoms with van der Waals surface area (Å²) in [5.41, 5.74) is 6.04. The van der Waals surface area contributed by atoms with Crippen LogP contribution >= 0.6 is 0 Å². The Labute approximate surface area is 294 Å². The summed E-state index contributed by atoms with van der Waals surface area (Å²) in [6.07, 6.45) is 5.47. The zero-order valence-corrected chi connectivity index (χ0v) is 28.8. The highest BCUT2D eigenvalue weighted by Crippen LogP contribution is 2.39. The fourth-order valence-corrected chi connectivity index (χ4v) is 7.08. The first-order valence-corrected chi connectivity index (χ1v) is 18.1. The van der Waals surface area contributed by atoms with Gasteiger partial charge < -0.3 is 39.4 Å². The molecule has 3 N–H and O–H groups in total. The third kappa shape index (κ3) is 9.99. The first-order valence-electron chi connectivity index (χ1n) is 18.1. The fourth-order valence-electron chi connectivity index (χ4n) is 7.08. The van der Waals surface area contributed by atoms with Crippen LogP contribution in [0.25, 0.3) is 11.1 Å². The van der Waals surface area contributed by atoms with Crippen LogP contribution in [0.4, 0.5) is 0 Å². The summed E-state index contributed by atoms with van der Waals surface area (Å²) in [7, 11) is 0. The molecule has 3 aliphatic heterocycles. The van der Waals surface area contributed by atoms with Gasteiger partial charge in [-0.05, 0) is 46.7 Å². The molecule has 3 aromatic carbocycles. The lowest BCUT2D eigenvalue weighted by molar-refractivity contribution is -0.255. The van der Waals surface area contributed by atoms with E-state index in [-0.39, 0.29) is 31.1 Å². The van der Waals surface area contributed by atoms with E-state index in [0.29, 0.717) is 32.6 Å². The second kappa shape index (κ2) is 17.5. The van der Waals surface area contributed by atoms with Crippen LogP contribution in [-0.4, -0.2) is 71.7 Å². The Morgan fingerprint density at radius 1 is 0.800 bits per heavy atom. The van der Waals surface area contributed by atoms with Gasteiger partial charge in [0.15, 0.2) is 12.1 Å². The van der Waals surface area contributed by atoms with E-state index in [0.717, 1.165) is 91.5 Å². The molecule has 0 radical (unpaired) electrons. The number of aliphatic hydroxyl groups excluding tert-OH is 1. The standard InChI is InChI=1S/C40H50N2O8/c43-28-29-10-12-32(13-11-29)36-25-35(27-42-20-18-40(19-21-42)47-22-23-48-40)49-39(50-36)33-16-14-31(15-17-33)34-7-5-6-30(24-34)26-41-37(44)8-3-1-2-4-9-38(45)46/h5-7,10-17,24,35-36,39,43H,1-4,8-9,18-23,25-28H2,(H,41,44)(H,45,46)/t35-,36+,39+/m0/s1. The Kier molecular flexibility index (Phi) is 12.7. The minimum absolute atomic E-state index is 0.00670. The number of hydrogen-bond donors (Lipinski definition) is 3. The van der Waals surface area contributed by atoms with Crippen molar-refractivity contribution in [2.24, 2.45) is 0 Å². The van der Waals surface area contributed by atoms with Gasteiger partial charge in [-0.2, -0.15) is 0 Å². The number of aliphatic carboxylic acids is 1. The molecule has 3 heterocycles. The van der Waals surface area contributed by atoms with Crippen LogP contribution in [0.1, 0.15) is 92.4 Å². The van der Waals surface area contributed by atoms with Crippen molar-refractivity contribution < 1.29 is 38.7 Å². The molecule has 3 fully saturated rings. The van der Waals surface area contributed by atoms with Gasteiger partial charge >= 0.3 is 5.97 Å². The van der Waals surface area contributed by atoms with Gasteiger partial charge in [-0.3, -0.25) is 9.59 Å². The number of carboxylic acid groups (broad SMARTS) is 1. The summed E-state index contributed by atoms with van der Waals surface area (Å²) >= 11 is 0. The second-order valence-electron chi connectivity index (χ2n) is 13.7. The Bertz CT molecular complexity index is 1530. The van der Waals surface area contributed by atoms with Gasteiger partial charge in [-0.1, -0.05) is 79.6 Å². The fraction of sp³-hybridized carbons (Fsp3) is 0.500. The smallest absolute Gasteiger partial charge is 0.303 e. The molecule has 3 aromatic rings. The maximum atomic E-state index is 12.4. The SMILES string of the molecule is O=C(O)CCCCCCC(=O)NCc1cccc(-c2ccc([C@@H]3O[C@H](CN4CCC5(CC4)OCCO5)C[C@H](c4ccc(CO)cc4)O3)cc2)c1. The molecule has 0 saturated carbocycles. The number of rotatable bonds is 15. The quantitative estimate of drug-likeness (QED) is 0.159. The number of likely N-dealkylation sites (tertiary alicyclic amines) is 1. The van der Waals surface area contributed by atoms with E-state index < -0.39 is 18.0 Å². The zero-order valence-electron chi connectivity index (χ0n) is 28.8. The molecular formula is C40H50N2O8. The van der Waals surface area contributed by atoms with Gasteiger partial charge in [-0.25, -0.2) is 0 Å². The average Bonchev–Trinajstić information content (AvgIpc) is 3.61. The number of nitrogens with one attached hydrogen (secondary N) is 1. The maximum Gasteiger partial charge on any atom is 0.303 e. The highest BCUT2D eigenvalue weighted by molar-refractivity contribution is 5.76. The Balaban J connectivity index is 1.06. The van der Waals surface area contributed by atoms with Gasteiger partial charge in [0.2, 0.25) is 5.91 Å². The summed E-state index contributed by atoms with van der Waals surface area (Å²) in [5.74, 6) is -1.17. The highest BCUT2D eigenvalue weighted by Gasteiger charge is 2.41. The Morgan fingerprint density at radius 2 is 1.50 bits per heavy atom. The summed E-state index contributed by atoms with van der Waals surface area (Å²) in [5, 5.41) is 21.3. The van der Waals surface area contributed by atoms with Crippen molar-refractivity contribution in [3.05, 3.63) is 95.1 Å². The number of hydrogen-bond acceptors (Lipinski definition) is 8. The summed E-state index contributed by atoms with van der Waals surface area (Å²) in [6, 6.07) is 24.5. The van der Waals surface area contributed by atoms with Crippen molar-refractivity contribution in [2.75, 3.05) is 32.8 Å². The number of unbranched alkanes of at least 4 members (excludes halogenated alkanes) is 3. The van der Waals surface area contributed by atoms with Crippen molar-refractivity contribution in [3.8, 4) is 11.1 Å². The largest absolute Gasteiger partial charge is 0.481 e. The molecule has 3 atom stereocenters. The van der Waals surface area contributed by atoms with Gasteiger partial charge in [-0.15, -0.1) is 0 Å². The third-order valence-electron chi connectivity index (χ3n) is 9.99. The van der Waals surface area contributed by atoms with Crippen LogP contribution in [0.5, 0.6) is 0 Å². The van der Waals surface area contributed by atoms with Crippen molar-refractivity contribution in [1.82, 2.24) is 10.2 Å². The molecule has 3 aliphatic rings. The van der Waals surface area contributed by atoms with Gasteiger partial charge in [0.05, 0.1) is 32.0 Å². The average molecular weight is 687 g/mol. The van der Waals surface area contributed by atoms with E-state index in [1.54, 1.807) is 0 Å². The molecular weight excluding hydrogens is 636 g/mol. The van der Waals surface area contributed by atoms with Crippen molar-refractivity contribution in [2.45, 2.75) is 95.2 Å². The number of carboxylic acids is 1. The molecule has 3 saturated heterocycles. The van der Waals surface area contributed by atoms with Crippen molar-refractivity contribution in [1.29, 1.82) is 0 Å². The molecule has 50 heavy (non-hydrogen) atoms. The van der Waals surface area contributed by atoms with E-state index in [9.17, 15) is 14.7 Å². The van der Waals surface area contributed by atoms with Crippen LogP contribution in [0.3, 0.4) is 0 Å². The Morgan fingerprint density at radius 3 is 2.20 bits per heavy atom. The predicted octanol–water partition coefficient (Wildman–Crippen LogP) is 6.27. The van der Waals surface area contributed by atoms with E-state index in [2.05, 4.69) is 46.6 Å². The van der Waals surface area contributed by atoms with Crippen LogP contribution in [0, 0.1) is 0 Å². The third-order valence-corrected chi connectivity index (χ3v) is 9.99. The molecule has 268 valence electrons. The molecule has 6 rings (SSSR count). The molecule has 0 unspecified atom stereocenters. The number of nitrogens with zero attached hydrogens (tertiary/aromatic N) is 1. The molecule has 1 spiro atoms. The minimum atomic E-state index is -0.772. The van der Waals surface area contributed by atoms with Crippen LogP contribution in [0.2, 0.25) is 0 Å². The predicted molar refractivity (Wildman–Crippen MR) is 188 cm³/mol. The first-order chi connectivity index (χ1) is 24.4. The van der Waals surface area contributed by atoms with E-state index in [1.807, 2.05) is 36.4 Å². The minimum Gasteiger partial charge on any atom is -0.481 e. The summed E-state index contributed by atoms with van der Waals surface area (Å²) in [6.45, 7) is 4.40. The van der Waals surface area contributed by atoms with Gasteiger partial charge in [0.25, 0.3) is 0 Å². The maximum absolute atomic E-state index is 12.4. The lowest BCUT2D eigenvalue weighted by atomic mass is 9.98. The lowest BCUT2D eigenvalue weighted by Gasteiger charge is -2.41. The van der Waals surface area contributed by atoms with E-state index in [4.69, 9.17) is 24.1 Å². The van der Waals surface area contributed by atoms with Crippen LogP contribution in [0.15, 0.2) is 72.8 Å². The van der Waals surface area contributed by atoms with Gasteiger partial charge in [0, 0.05) is 63.8 Å². The second-order valence-corrected chi connectivity index (χ2v) is 13.7. The van der Waals surface area contributed by atoms with E-state index in [1.165, 1.54) is 0 Å². The van der Waals surface area contributed by atoms with E-state index >= 15 is 0 Å². The molecule has 10 heteroatoms. The zero-order chi connectivity index (χ0) is 34.8. The van der Waals surface area contributed by atoms with Gasteiger partial charge in [0.1, 0.15) is 0 Å². The van der Waals surface area contributed by atoms with Crippen molar-refractivity contribution in [3.63, 3.8) is 0 Å². The summed E-state index contributed by atoms with van der Waals surface area (Å²) in [4.78, 5) is 25.5. The lowest BCUT2D eigenvalue weighted by Crippen LogP contribution is -2.48. The number of ether oxygens (including phenoxy) is 4.